The van der Waals surface area contributed by atoms with Gasteiger partial charge >= 0.3 is 0 Å². The minimum atomic E-state index is 0.304. The van der Waals surface area contributed by atoms with Gasteiger partial charge in [0.05, 0.1) is 6.54 Å². The summed E-state index contributed by atoms with van der Waals surface area (Å²) < 4.78 is 5.22. The van der Waals surface area contributed by atoms with Gasteiger partial charge in [-0.2, -0.15) is 4.98 Å². The Morgan fingerprint density at radius 3 is 3.00 bits per heavy atom. The van der Waals surface area contributed by atoms with Crippen LogP contribution in [0.2, 0.25) is 0 Å². The topological polar surface area (TPSA) is 68.2 Å². The van der Waals surface area contributed by atoms with Crippen molar-refractivity contribution in [3.05, 3.63) is 11.7 Å². The van der Waals surface area contributed by atoms with E-state index in [4.69, 9.17) is 10.3 Å². The van der Waals surface area contributed by atoms with E-state index in [1.807, 2.05) is 0 Å². The van der Waals surface area contributed by atoms with Crippen molar-refractivity contribution in [2.24, 2.45) is 11.7 Å². The maximum absolute atomic E-state index is 5.84. The standard InChI is InChI=1S/C11H20N4O/c1-8(2)5-10-13-11(16-14-10)7-15-4-3-9(12)6-15/h8-9H,3-7,12H2,1-2H3/t9-/m1/s1. The molecular formula is C11H20N4O. The number of rotatable bonds is 4. The highest BCUT2D eigenvalue weighted by Gasteiger charge is 2.21. The molecule has 0 aromatic carbocycles. The monoisotopic (exact) mass is 224 g/mol. The first-order valence-electron chi connectivity index (χ1n) is 5.93. The molecule has 0 radical (unpaired) electrons. The molecule has 90 valence electrons. The number of likely N-dealkylation sites (tertiary alicyclic amines) is 1. The van der Waals surface area contributed by atoms with E-state index in [1.54, 1.807) is 0 Å². The van der Waals surface area contributed by atoms with Crippen molar-refractivity contribution in [1.82, 2.24) is 15.0 Å². The maximum atomic E-state index is 5.84. The third-order valence-corrected chi connectivity index (χ3v) is 2.77. The molecule has 1 aromatic rings. The number of nitrogens with two attached hydrogens (primary N) is 1. The van der Waals surface area contributed by atoms with Gasteiger partial charge in [0.2, 0.25) is 5.89 Å². The number of hydrogen-bond donors (Lipinski definition) is 1. The summed E-state index contributed by atoms with van der Waals surface area (Å²) in [7, 11) is 0. The molecule has 0 bridgehead atoms. The average Bonchev–Trinajstić information content (AvgIpc) is 2.76. The van der Waals surface area contributed by atoms with Crippen molar-refractivity contribution >= 4 is 0 Å². The highest BCUT2D eigenvalue weighted by molar-refractivity contribution is 4.89. The Bertz CT molecular complexity index is 336. The predicted octanol–water partition coefficient (Wildman–Crippen LogP) is 0.801. The summed E-state index contributed by atoms with van der Waals surface area (Å²) in [5, 5.41) is 3.97. The smallest absolute Gasteiger partial charge is 0.240 e. The molecule has 0 saturated carbocycles. The Balaban J connectivity index is 1.87. The third-order valence-electron chi connectivity index (χ3n) is 2.77. The quantitative estimate of drug-likeness (QED) is 0.819. The van der Waals surface area contributed by atoms with E-state index in [0.29, 0.717) is 17.9 Å². The normalized spacial score (nSPS) is 22.1. The van der Waals surface area contributed by atoms with Crippen LogP contribution in [0.5, 0.6) is 0 Å². The molecule has 5 heteroatoms. The first-order chi connectivity index (χ1) is 7.63. The highest BCUT2D eigenvalue weighted by Crippen LogP contribution is 2.12. The molecule has 1 fully saturated rings. The summed E-state index contributed by atoms with van der Waals surface area (Å²) in [4.78, 5) is 6.64. The first kappa shape index (κ1) is 11.5. The largest absolute Gasteiger partial charge is 0.338 e. The van der Waals surface area contributed by atoms with Gasteiger partial charge in [-0.3, -0.25) is 4.90 Å². The fourth-order valence-corrected chi connectivity index (χ4v) is 2.00. The van der Waals surface area contributed by atoms with Crippen LogP contribution < -0.4 is 5.73 Å². The Morgan fingerprint density at radius 1 is 1.56 bits per heavy atom. The molecule has 2 rings (SSSR count). The Morgan fingerprint density at radius 2 is 2.38 bits per heavy atom. The minimum Gasteiger partial charge on any atom is -0.338 e. The Kier molecular flexibility index (Phi) is 3.56. The van der Waals surface area contributed by atoms with Crippen LogP contribution in [0.3, 0.4) is 0 Å². The van der Waals surface area contributed by atoms with E-state index < -0.39 is 0 Å². The van der Waals surface area contributed by atoms with Gasteiger partial charge < -0.3 is 10.3 Å². The molecule has 2 heterocycles. The molecule has 5 nitrogen and oxygen atoms in total. The van der Waals surface area contributed by atoms with Crippen LogP contribution in [0.25, 0.3) is 0 Å². The summed E-state index contributed by atoms with van der Waals surface area (Å²) in [6.07, 6.45) is 1.94. The molecule has 2 N–H and O–H groups in total. The van der Waals surface area contributed by atoms with Gasteiger partial charge in [-0.05, 0) is 12.3 Å². The lowest BCUT2D eigenvalue weighted by Gasteiger charge is -2.10. The summed E-state index contributed by atoms with van der Waals surface area (Å²) in [5.74, 6) is 2.09. The van der Waals surface area contributed by atoms with Crippen molar-refractivity contribution < 1.29 is 4.52 Å². The predicted molar refractivity (Wildman–Crippen MR) is 60.7 cm³/mol. The molecule has 16 heavy (non-hydrogen) atoms. The van der Waals surface area contributed by atoms with Gasteiger partial charge in [0.1, 0.15) is 0 Å². The Labute approximate surface area is 96.0 Å². The van der Waals surface area contributed by atoms with Gasteiger partial charge in [-0.15, -0.1) is 0 Å². The summed E-state index contributed by atoms with van der Waals surface area (Å²) in [6, 6.07) is 0.304. The Hall–Kier alpha value is -0.940. The fourth-order valence-electron chi connectivity index (χ4n) is 2.00. The van der Waals surface area contributed by atoms with Crippen LogP contribution in [0.1, 0.15) is 32.0 Å². The van der Waals surface area contributed by atoms with Crippen molar-refractivity contribution in [2.45, 2.75) is 39.3 Å². The number of nitrogens with zero attached hydrogens (tertiary/aromatic N) is 3. The van der Waals surface area contributed by atoms with Gasteiger partial charge in [0.25, 0.3) is 0 Å². The average molecular weight is 224 g/mol. The summed E-state index contributed by atoms with van der Waals surface area (Å²) in [5.41, 5.74) is 5.84. The first-order valence-corrected chi connectivity index (χ1v) is 5.93. The fraction of sp³-hybridized carbons (Fsp3) is 0.818. The molecule has 1 aliphatic rings. The second-order valence-corrected chi connectivity index (χ2v) is 4.99. The van der Waals surface area contributed by atoms with Gasteiger partial charge in [-0.25, -0.2) is 0 Å². The summed E-state index contributed by atoms with van der Waals surface area (Å²) in [6.45, 7) is 6.99. The SMILES string of the molecule is CC(C)Cc1noc(CN2CC[C@@H](N)C2)n1. The highest BCUT2D eigenvalue weighted by atomic mass is 16.5. The van der Waals surface area contributed by atoms with Crippen LogP contribution >= 0.6 is 0 Å². The molecule has 1 aromatic heterocycles. The van der Waals surface area contributed by atoms with Crippen LogP contribution in [0.15, 0.2) is 4.52 Å². The molecule has 1 saturated heterocycles. The molecule has 0 aliphatic carbocycles. The van der Waals surface area contributed by atoms with E-state index in [1.165, 1.54) is 0 Å². The van der Waals surface area contributed by atoms with E-state index in [2.05, 4.69) is 28.9 Å². The molecule has 1 aliphatic heterocycles. The van der Waals surface area contributed by atoms with Crippen LogP contribution in [0.4, 0.5) is 0 Å². The van der Waals surface area contributed by atoms with E-state index in [-0.39, 0.29) is 0 Å². The molecule has 0 unspecified atom stereocenters. The maximum Gasteiger partial charge on any atom is 0.240 e. The zero-order valence-electron chi connectivity index (χ0n) is 10.0. The van der Waals surface area contributed by atoms with Crippen LogP contribution in [0, 0.1) is 5.92 Å². The minimum absolute atomic E-state index is 0.304. The zero-order chi connectivity index (χ0) is 11.5. The van der Waals surface area contributed by atoms with Gasteiger partial charge in [-0.1, -0.05) is 19.0 Å². The second-order valence-electron chi connectivity index (χ2n) is 4.99. The van der Waals surface area contributed by atoms with Crippen molar-refractivity contribution in [1.29, 1.82) is 0 Å². The zero-order valence-corrected chi connectivity index (χ0v) is 10.0. The van der Waals surface area contributed by atoms with Crippen LogP contribution in [-0.4, -0.2) is 34.2 Å². The third kappa shape index (κ3) is 3.02. The van der Waals surface area contributed by atoms with E-state index >= 15 is 0 Å². The van der Waals surface area contributed by atoms with Crippen molar-refractivity contribution in [2.75, 3.05) is 13.1 Å². The van der Waals surface area contributed by atoms with Gasteiger partial charge in [0.15, 0.2) is 5.82 Å². The van der Waals surface area contributed by atoms with Gasteiger partial charge in [0, 0.05) is 25.6 Å². The lowest BCUT2D eigenvalue weighted by Crippen LogP contribution is -2.26. The van der Waals surface area contributed by atoms with Crippen molar-refractivity contribution in [3.8, 4) is 0 Å². The van der Waals surface area contributed by atoms with Crippen LogP contribution in [-0.2, 0) is 13.0 Å². The molecule has 0 spiro atoms. The lowest BCUT2D eigenvalue weighted by atomic mass is 10.1. The molecule has 0 amide bonds. The molecular weight excluding hydrogens is 204 g/mol. The van der Waals surface area contributed by atoms with E-state index in [0.717, 1.165) is 38.3 Å². The summed E-state index contributed by atoms with van der Waals surface area (Å²) >= 11 is 0. The van der Waals surface area contributed by atoms with E-state index in [9.17, 15) is 0 Å². The number of hydrogen-bond acceptors (Lipinski definition) is 5. The number of aromatic nitrogens is 2. The second kappa shape index (κ2) is 4.93. The lowest BCUT2D eigenvalue weighted by molar-refractivity contribution is 0.265. The molecule has 1 atom stereocenters. The van der Waals surface area contributed by atoms with Crippen molar-refractivity contribution in [3.63, 3.8) is 0 Å².